The third kappa shape index (κ3) is 4.51. The molecule has 40 heavy (non-hydrogen) atoms. The van der Waals surface area contributed by atoms with Gasteiger partial charge in [0.1, 0.15) is 29.3 Å². The second-order valence-electron chi connectivity index (χ2n) is 9.65. The van der Waals surface area contributed by atoms with Gasteiger partial charge in [0.15, 0.2) is 0 Å². The number of rotatable bonds is 6. The van der Waals surface area contributed by atoms with Crippen molar-refractivity contribution in [1.29, 1.82) is 0 Å². The molecule has 0 aliphatic carbocycles. The number of nitrogens with two attached hydrogens (primary N) is 1. The van der Waals surface area contributed by atoms with E-state index in [0.717, 1.165) is 18.2 Å². The molecule has 1 aliphatic heterocycles. The fraction of sp³-hybridized carbons (Fsp3) is 0.259. The Bertz CT molecular complexity index is 1640. The van der Waals surface area contributed by atoms with Crippen LogP contribution >= 0.6 is 0 Å². The standard InChI is InChI=1S/C27H23F4N5O4/c1-12-7-19-15(10-34-36-19)8-17(12)25(38)33-11-26(39,27(29,30)31)20-9-18-21(24(32)37)13(2)40-23(18)22(35-20)14-3-5-16(28)6-4-14/h3-10,13,21,39H,11H2,1-2H3,(H2,32,37)(H,33,38)(H,34,36)/t13?,21-,26?/m0/s1. The molecule has 0 fully saturated rings. The highest BCUT2D eigenvalue weighted by Gasteiger charge is 2.57. The van der Waals surface area contributed by atoms with Crippen LogP contribution in [-0.2, 0) is 10.4 Å². The highest BCUT2D eigenvalue weighted by molar-refractivity contribution is 5.99. The number of primary amides is 1. The molecule has 4 aromatic rings. The lowest BCUT2D eigenvalue weighted by molar-refractivity contribution is -0.265. The summed E-state index contributed by atoms with van der Waals surface area (Å²) >= 11 is 0. The van der Waals surface area contributed by atoms with Crippen LogP contribution in [0.2, 0.25) is 0 Å². The number of fused-ring (bicyclic) bond motifs is 2. The summed E-state index contributed by atoms with van der Waals surface area (Å²) in [6, 6.07) is 8.70. The first-order valence-corrected chi connectivity index (χ1v) is 12.1. The average molecular weight is 558 g/mol. The molecule has 0 saturated carbocycles. The highest BCUT2D eigenvalue weighted by Crippen LogP contribution is 2.47. The van der Waals surface area contributed by atoms with Gasteiger partial charge in [-0.05, 0) is 61.9 Å². The summed E-state index contributed by atoms with van der Waals surface area (Å²) in [5.74, 6) is -3.48. The minimum absolute atomic E-state index is 0.00995. The normalized spacial score (nSPS) is 18.2. The fourth-order valence-corrected chi connectivity index (χ4v) is 4.80. The monoisotopic (exact) mass is 557 g/mol. The van der Waals surface area contributed by atoms with Crippen molar-refractivity contribution in [2.75, 3.05) is 6.54 Å². The molecule has 0 bridgehead atoms. The van der Waals surface area contributed by atoms with Crippen LogP contribution in [0.1, 0.15) is 40.0 Å². The number of aryl methyl sites for hydroxylation is 1. The van der Waals surface area contributed by atoms with Gasteiger partial charge in [-0.1, -0.05) is 0 Å². The van der Waals surface area contributed by atoms with Crippen LogP contribution in [0.25, 0.3) is 22.2 Å². The average Bonchev–Trinajstić information content (AvgIpc) is 3.48. The quantitative estimate of drug-likeness (QED) is 0.267. The first kappa shape index (κ1) is 27.1. The van der Waals surface area contributed by atoms with Gasteiger partial charge in [-0.2, -0.15) is 18.3 Å². The van der Waals surface area contributed by atoms with Gasteiger partial charge < -0.3 is 20.9 Å². The number of nitrogens with one attached hydrogen (secondary N) is 2. The molecule has 2 aromatic heterocycles. The Morgan fingerprint density at radius 3 is 2.52 bits per heavy atom. The maximum absolute atomic E-state index is 14.5. The third-order valence-corrected chi connectivity index (χ3v) is 6.96. The second kappa shape index (κ2) is 9.59. The number of benzene rings is 2. The predicted molar refractivity (Wildman–Crippen MR) is 135 cm³/mol. The minimum atomic E-state index is -5.32. The summed E-state index contributed by atoms with van der Waals surface area (Å²) in [6.45, 7) is 1.82. The maximum atomic E-state index is 14.5. The summed E-state index contributed by atoms with van der Waals surface area (Å²) in [5, 5.41) is 20.5. The number of pyridine rings is 1. The summed E-state index contributed by atoms with van der Waals surface area (Å²) in [6.07, 6.45) is -4.71. The number of aromatic amines is 1. The number of aliphatic hydroxyl groups is 1. The number of H-pyrrole nitrogens is 1. The first-order valence-electron chi connectivity index (χ1n) is 12.1. The van der Waals surface area contributed by atoms with Gasteiger partial charge in [-0.15, -0.1) is 0 Å². The SMILES string of the molecule is Cc1cc2[nH]ncc2cc1C(=O)NCC(O)(c1cc2c(c(-c3ccc(F)cc3)n1)OC(C)[C@@H]2C(N)=O)C(F)(F)F. The molecule has 5 N–H and O–H groups in total. The summed E-state index contributed by atoms with van der Waals surface area (Å²) in [7, 11) is 0. The molecule has 3 heterocycles. The van der Waals surface area contributed by atoms with E-state index in [1.54, 1.807) is 13.0 Å². The Hall–Kier alpha value is -4.52. The number of ether oxygens (including phenoxy) is 1. The molecular formula is C27H23F4N5O4. The molecule has 0 spiro atoms. The molecule has 9 nitrogen and oxygen atoms in total. The van der Waals surface area contributed by atoms with Crippen LogP contribution in [0.4, 0.5) is 17.6 Å². The van der Waals surface area contributed by atoms with Crippen molar-refractivity contribution in [2.24, 2.45) is 5.73 Å². The van der Waals surface area contributed by atoms with Crippen LogP contribution in [0, 0.1) is 12.7 Å². The topological polar surface area (TPSA) is 143 Å². The lowest BCUT2D eigenvalue weighted by atomic mass is 9.89. The molecular weight excluding hydrogens is 534 g/mol. The number of halogens is 4. The fourth-order valence-electron chi connectivity index (χ4n) is 4.80. The Morgan fingerprint density at radius 2 is 1.88 bits per heavy atom. The van der Waals surface area contributed by atoms with Gasteiger partial charge in [0, 0.05) is 22.1 Å². The first-order chi connectivity index (χ1) is 18.8. The second-order valence-corrected chi connectivity index (χ2v) is 9.65. The molecule has 5 rings (SSSR count). The van der Waals surface area contributed by atoms with Crippen molar-refractivity contribution in [1.82, 2.24) is 20.5 Å². The zero-order chi connectivity index (χ0) is 29.0. The molecule has 2 unspecified atom stereocenters. The van der Waals surface area contributed by atoms with Crippen molar-refractivity contribution < 1.29 is 37.0 Å². The van der Waals surface area contributed by atoms with E-state index in [0.29, 0.717) is 16.5 Å². The van der Waals surface area contributed by atoms with E-state index in [4.69, 9.17) is 10.5 Å². The number of carbonyl (C=O) groups excluding carboxylic acids is 2. The Labute approximate surface area is 224 Å². The van der Waals surface area contributed by atoms with Crippen LogP contribution in [0.15, 0.2) is 48.7 Å². The molecule has 1 aliphatic rings. The molecule has 0 saturated heterocycles. The molecule has 208 valence electrons. The Morgan fingerprint density at radius 1 is 1.18 bits per heavy atom. The number of alkyl halides is 3. The summed E-state index contributed by atoms with van der Waals surface area (Å²) < 4.78 is 62.9. The third-order valence-electron chi connectivity index (χ3n) is 6.96. The van der Waals surface area contributed by atoms with Gasteiger partial charge in [0.2, 0.25) is 11.5 Å². The zero-order valence-corrected chi connectivity index (χ0v) is 21.1. The Kier molecular flexibility index (Phi) is 6.49. The van der Waals surface area contributed by atoms with Gasteiger partial charge in [0.25, 0.3) is 5.91 Å². The van der Waals surface area contributed by atoms with E-state index in [1.165, 1.54) is 31.3 Å². The van der Waals surface area contributed by atoms with Gasteiger partial charge in [-0.3, -0.25) is 14.7 Å². The number of hydrogen-bond acceptors (Lipinski definition) is 6. The van der Waals surface area contributed by atoms with Gasteiger partial charge in [-0.25, -0.2) is 9.37 Å². The van der Waals surface area contributed by atoms with Crippen LogP contribution < -0.4 is 15.8 Å². The van der Waals surface area contributed by atoms with Crippen LogP contribution in [0.5, 0.6) is 5.75 Å². The van der Waals surface area contributed by atoms with Crippen LogP contribution in [0.3, 0.4) is 0 Å². The molecule has 2 aromatic carbocycles. The van der Waals surface area contributed by atoms with Gasteiger partial charge >= 0.3 is 6.18 Å². The number of aromatic nitrogens is 3. The van der Waals surface area contributed by atoms with Crippen molar-refractivity contribution >= 4 is 22.7 Å². The van der Waals surface area contributed by atoms with E-state index < -0.39 is 53.7 Å². The van der Waals surface area contributed by atoms with Crippen molar-refractivity contribution in [3.8, 4) is 17.0 Å². The molecule has 2 amide bonds. The zero-order valence-electron chi connectivity index (χ0n) is 21.1. The van der Waals surface area contributed by atoms with Crippen molar-refractivity contribution in [2.45, 2.75) is 37.6 Å². The molecule has 3 atom stereocenters. The lowest BCUT2D eigenvalue weighted by Gasteiger charge is -2.31. The van der Waals surface area contributed by atoms with E-state index in [2.05, 4.69) is 20.5 Å². The maximum Gasteiger partial charge on any atom is 0.424 e. The van der Waals surface area contributed by atoms with E-state index in [1.807, 2.05) is 0 Å². The smallest absolute Gasteiger partial charge is 0.424 e. The summed E-state index contributed by atoms with van der Waals surface area (Å²) in [4.78, 5) is 29.3. The number of nitrogens with zero attached hydrogens (tertiary/aromatic N) is 2. The van der Waals surface area contributed by atoms with Crippen LogP contribution in [-0.4, -0.2) is 50.9 Å². The van der Waals surface area contributed by atoms with E-state index in [9.17, 15) is 32.3 Å². The molecule has 0 radical (unpaired) electrons. The number of carbonyl (C=O) groups is 2. The summed E-state index contributed by atoms with van der Waals surface area (Å²) in [5.41, 5.74) is 2.14. The van der Waals surface area contributed by atoms with Crippen molar-refractivity contribution in [3.63, 3.8) is 0 Å². The van der Waals surface area contributed by atoms with Gasteiger partial charge in [0.05, 0.1) is 24.0 Å². The molecule has 13 heteroatoms. The van der Waals surface area contributed by atoms with E-state index in [-0.39, 0.29) is 28.1 Å². The lowest BCUT2D eigenvalue weighted by Crippen LogP contribution is -2.51. The predicted octanol–water partition coefficient (Wildman–Crippen LogP) is 3.60. The largest absolute Gasteiger partial charge is 0.487 e. The Balaban J connectivity index is 1.59. The van der Waals surface area contributed by atoms with Crippen molar-refractivity contribution in [3.05, 3.63) is 76.9 Å². The van der Waals surface area contributed by atoms with E-state index >= 15 is 0 Å². The highest BCUT2D eigenvalue weighted by atomic mass is 19.4. The number of amides is 2. The minimum Gasteiger partial charge on any atom is -0.487 e. The number of hydrogen-bond donors (Lipinski definition) is 4.